The van der Waals surface area contributed by atoms with Crippen molar-refractivity contribution >= 4 is 33.2 Å². The summed E-state index contributed by atoms with van der Waals surface area (Å²) >= 11 is 5.77. The van der Waals surface area contributed by atoms with Crippen LogP contribution in [0.2, 0.25) is 5.02 Å². The maximum absolute atomic E-state index is 14.1. The van der Waals surface area contributed by atoms with Crippen LogP contribution >= 0.6 is 11.6 Å². The molecule has 0 saturated heterocycles. The maximum atomic E-state index is 14.1. The van der Waals surface area contributed by atoms with E-state index in [1.54, 1.807) is 23.0 Å². The molecular weight excluding hydrogens is 405 g/mol. The van der Waals surface area contributed by atoms with Crippen LogP contribution in [0, 0.1) is 5.82 Å². The molecular formula is C19H17ClFN3O3S. The largest absolute Gasteiger partial charge is 0.324 e. The SMILES string of the molecule is CN(CC(=O)Nc1cc(-n2cccc2)ccc1F)S(=O)(=O)c1ccc(Cl)cc1. The Labute approximate surface area is 167 Å². The molecule has 1 amide bonds. The lowest BCUT2D eigenvalue weighted by Crippen LogP contribution is -2.35. The van der Waals surface area contributed by atoms with Gasteiger partial charge >= 0.3 is 0 Å². The summed E-state index contributed by atoms with van der Waals surface area (Å²) in [4.78, 5) is 12.3. The van der Waals surface area contributed by atoms with Gasteiger partial charge in [0.05, 0.1) is 17.1 Å². The second kappa shape index (κ2) is 8.14. The fourth-order valence-corrected chi connectivity index (χ4v) is 3.79. The van der Waals surface area contributed by atoms with Crippen LogP contribution in [0.5, 0.6) is 0 Å². The van der Waals surface area contributed by atoms with Gasteiger partial charge in [-0.1, -0.05) is 11.6 Å². The van der Waals surface area contributed by atoms with E-state index >= 15 is 0 Å². The summed E-state index contributed by atoms with van der Waals surface area (Å²) in [6, 6.07) is 13.5. The number of nitrogens with zero attached hydrogens (tertiary/aromatic N) is 2. The zero-order chi connectivity index (χ0) is 20.3. The number of likely N-dealkylation sites (N-methyl/N-ethyl adjacent to an activating group) is 1. The highest BCUT2D eigenvalue weighted by Gasteiger charge is 2.23. The molecule has 0 saturated carbocycles. The number of benzene rings is 2. The molecule has 146 valence electrons. The van der Waals surface area contributed by atoms with Gasteiger partial charge in [-0.25, -0.2) is 12.8 Å². The molecule has 0 aliphatic heterocycles. The van der Waals surface area contributed by atoms with Gasteiger partial charge in [0.1, 0.15) is 5.82 Å². The molecule has 1 aromatic heterocycles. The number of hydrogen-bond donors (Lipinski definition) is 1. The van der Waals surface area contributed by atoms with Crippen LogP contribution in [0.4, 0.5) is 10.1 Å². The molecule has 0 unspecified atom stereocenters. The number of amides is 1. The lowest BCUT2D eigenvalue weighted by Gasteiger charge is -2.17. The average molecular weight is 422 g/mol. The van der Waals surface area contributed by atoms with Crippen molar-refractivity contribution in [3.05, 3.63) is 77.8 Å². The molecule has 0 aliphatic carbocycles. The predicted molar refractivity (Wildman–Crippen MR) is 106 cm³/mol. The van der Waals surface area contributed by atoms with Gasteiger partial charge in [0, 0.05) is 30.2 Å². The van der Waals surface area contributed by atoms with Crippen LogP contribution in [0.3, 0.4) is 0 Å². The van der Waals surface area contributed by atoms with Crippen molar-refractivity contribution in [2.75, 3.05) is 18.9 Å². The second-order valence-electron chi connectivity index (χ2n) is 6.02. The van der Waals surface area contributed by atoms with E-state index < -0.39 is 28.3 Å². The Morgan fingerprint density at radius 3 is 2.43 bits per heavy atom. The van der Waals surface area contributed by atoms with Crippen molar-refractivity contribution < 1.29 is 17.6 Å². The van der Waals surface area contributed by atoms with Crippen molar-refractivity contribution in [2.45, 2.75) is 4.90 Å². The Balaban J connectivity index is 1.73. The smallest absolute Gasteiger partial charge is 0.243 e. The number of rotatable bonds is 6. The Hall–Kier alpha value is -2.68. The Bertz CT molecular complexity index is 1080. The number of nitrogens with one attached hydrogen (secondary N) is 1. The molecule has 9 heteroatoms. The number of carbonyl (C=O) groups excluding carboxylic acids is 1. The molecule has 1 heterocycles. The van der Waals surface area contributed by atoms with E-state index in [1.165, 1.54) is 43.4 Å². The van der Waals surface area contributed by atoms with Gasteiger partial charge < -0.3 is 9.88 Å². The zero-order valence-corrected chi connectivity index (χ0v) is 16.4. The number of hydrogen-bond acceptors (Lipinski definition) is 3. The zero-order valence-electron chi connectivity index (χ0n) is 14.8. The fraction of sp³-hybridized carbons (Fsp3) is 0.105. The van der Waals surface area contributed by atoms with Crippen molar-refractivity contribution in [3.63, 3.8) is 0 Å². The fourth-order valence-electron chi connectivity index (χ4n) is 2.54. The van der Waals surface area contributed by atoms with E-state index in [0.29, 0.717) is 10.7 Å². The molecule has 0 aliphatic rings. The summed E-state index contributed by atoms with van der Waals surface area (Å²) in [5, 5.41) is 2.82. The van der Waals surface area contributed by atoms with Crippen molar-refractivity contribution in [1.29, 1.82) is 0 Å². The first-order valence-corrected chi connectivity index (χ1v) is 10.0. The number of anilines is 1. The van der Waals surface area contributed by atoms with E-state index in [4.69, 9.17) is 11.6 Å². The standard InChI is InChI=1S/C19H17ClFN3O3S/c1-23(28(26,27)16-7-4-14(20)5-8-16)13-19(25)22-18-12-15(6-9-17(18)21)24-10-2-3-11-24/h2-12H,13H2,1H3,(H,22,25). The van der Waals surface area contributed by atoms with Crippen molar-refractivity contribution in [1.82, 2.24) is 8.87 Å². The first-order valence-electron chi connectivity index (χ1n) is 8.22. The molecule has 6 nitrogen and oxygen atoms in total. The molecule has 3 aromatic rings. The van der Waals surface area contributed by atoms with Crippen LogP contribution in [0.1, 0.15) is 0 Å². The van der Waals surface area contributed by atoms with Gasteiger partial charge in [0.15, 0.2) is 0 Å². The lowest BCUT2D eigenvalue weighted by atomic mass is 10.2. The summed E-state index contributed by atoms with van der Waals surface area (Å²) in [7, 11) is -2.61. The third-order valence-electron chi connectivity index (χ3n) is 4.01. The molecule has 1 N–H and O–H groups in total. The summed E-state index contributed by atoms with van der Waals surface area (Å²) < 4.78 is 41.8. The van der Waals surface area contributed by atoms with Crippen molar-refractivity contribution in [2.24, 2.45) is 0 Å². The minimum Gasteiger partial charge on any atom is -0.324 e. The molecule has 2 aromatic carbocycles. The Morgan fingerprint density at radius 1 is 1.14 bits per heavy atom. The number of aromatic nitrogens is 1. The third kappa shape index (κ3) is 4.41. The van der Waals surface area contributed by atoms with Crippen LogP contribution in [-0.4, -0.2) is 36.8 Å². The quantitative estimate of drug-likeness (QED) is 0.661. The topological polar surface area (TPSA) is 71.4 Å². The monoisotopic (exact) mass is 421 g/mol. The number of carbonyl (C=O) groups is 1. The molecule has 0 fully saturated rings. The van der Waals surface area contributed by atoms with Crippen molar-refractivity contribution in [3.8, 4) is 5.69 Å². The summed E-state index contributed by atoms with van der Waals surface area (Å²) in [6.07, 6.45) is 3.57. The summed E-state index contributed by atoms with van der Waals surface area (Å²) in [5.74, 6) is -1.28. The summed E-state index contributed by atoms with van der Waals surface area (Å²) in [6.45, 7) is -0.474. The Morgan fingerprint density at radius 2 is 1.79 bits per heavy atom. The lowest BCUT2D eigenvalue weighted by molar-refractivity contribution is -0.116. The highest BCUT2D eigenvalue weighted by molar-refractivity contribution is 7.89. The maximum Gasteiger partial charge on any atom is 0.243 e. The molecule has 3 rings (SSSR count). The van der Waals surface area contributed by atoms with E-state index in [0.717, 1.165) is 4.31 Å². The second-order valence-corrected chi connectivity index (χ2v) is 8.50. The van der Waals surface area contributed by atoms with Crippen LogP contribution in [0.15, 0.2) is 71.9 Å². The van der Waals surface area contributed by atoms with Gasteiger partial charge in [-0.2, -0.15) is 4.31 Å². The Kier molecular flexibility index (Phi) is 5.83. The minimum atomic E-state index is -3.88. The van der Waals surface area contributed by atoms with E-state index in [9.17, 15) is 17.6 Å². The third-order valence-corrected chi connectivity index (χ3v) is 6.08. The highest BCUT2D eigenvalue weighted by atomic mass is 35.5. The minimum absolute atomic E-state index is 0.00739. The van der Waals surface area contributed by atoms with Gasteiger partial charge in [0.25, 0.3) is 0 Å². The number of halogens is 2. The van der Waals surface area contributed by atoms with Crippen LogP contribution in [0.25, 0.3) is 5.69 Å². The first kappa shape index (κ1) is 20.1. The van der Waals surface area contributed by atoms with Gasteiger partial charge in [-0.05, 0) is 54.6 Å². The highest BCUT2D eigenvalue weighted by Crippen LogP contribution is 2.20. The van der Waals surface area contributed by atoms with Gasteiger partial charge in [-0.15, -0.1) is 0 Å². The van der Waals surface area contributed by atoms with Crippen LogP contribution in [-0.2, 0) is 14.8 Å². The predicted octanol–water partition coefficient (Wildman–Crippen LogP) is 3.53. The van der Waals surface area contributed by atoms with E-state index in [1.807, 2.05) is 12.1 Å². The van der Waals surface area contributed by atoms with Gasteiger partial charge in [0.2, 0.25) is 15.9 Å². The number of sulfonamides is 1. The molecule has 0 atom stereocenters. The molecule has 28 heavy (non-hydrogen) atoms. The normalized spacial score (nSPS) is 11.6. The van der Waals surface area contributed by atoms with E-state index in [-0.39, 0.29) is 10.6 Å². The van der Waals surface area contributed by atoms with Crippen LogP contribution < -0.4 is 5.32 Å². The summed E-state index contributed by atoms with van der Waals surface area (Å²) in [5.41, 5.74) is 0.623. The first-order chi connectivity index (χ1) is 13.3. The van der Waals surface area contributed by atoms with E-state index in [2.05, 4.69) is 5.32 Å². The molecule has 0 spiro atoms. The molecule has 0 radical (unpaired) electrons. The molecule has 0 bridgehead atoms. The average Bonchev–Trinajstić information content (AvgIpc) is 3.18. The van der Waals surface area contributed by atoms with Gasteiger partial charge in [-0.3, -0.25) is 4.79 Å².